The summed E-state index contributed by atoms with van der Waals surface area (Å²) < 4.78 is 7.95. The number of aromatic carboxylic acids is 1. The zero-order valence-corrected chi connectivity index (χ0v) is 14.1. The van der Waals surface area contributed by atoms with Crippen LogP contribution in [0.2, 0.25) is 0 Å². The van der Waals surface area contributed by atoms with Crippen LogP contribution in [0.1, 0.15) is 10.5 Å². The van der Waals surface area contributed by atoms with E-state index in [-0.39, 0.29) is 11.3 Å². The Kier molecular flexibility index (Phi) is 3.50. The Morgan fingerprint density at radius 2 is 1.81 bits per heavy atom. The fraction of sp³-hybridized carbons (Fsp3) is 0.105. The van der Waals surface area contributed by atoms with Gasteiger partial charge in [-0.3, -0.25) is 4.79 Å². The predicted octanol–water partition coefficient (Wildman–Crippen LogP) is 2.58. The maximum absolute atomic E-state index is 13.1. The van der Waals surface area contributed by atoms with E-state index in [0.717, 1.165) is 10.2 Å². The molecule has 2 aromatic carbocycles. The molecule has 0 aliphatic carbocycles. The molecule has 0 saturated heterocycles. The molecule has 0 radical (unpaired) electrons. The molecule has 4 aromatic rings. The summed E-state index contributed by atoms with van der Waals surface area (Å²) in [5.74, 6) is -0.556. The van der Waals surface area contributed by atoms with Gasteiger partial charge in [-0.1, -0.05) is 18.2 Å². The third-order valence-corrected chi connectivity index (χ3v) is 4.46. The van der Waals surface area contributed by atoms with Gasteiger partial charge in [-0.2, -0.15) is 9.78 Å². The zero-order valence-electron chi connectivity index (χ0n) is 14.1. The molecule has 26 heavy (non-hydrogen) atoms. The highest BCUT2D eigenvalue weighted by molar-refractivity contribution is 6.15. The van der Waals surface area contributed by atoms with Crippen molar-refractivity contribution in [3.8, 4) is 11.4 Å². The van der Waals surface area contributed by atoms with Gasteiger partial charge in [0.2, 0.25) is 0 Å². The van der Waals surface area contributed by atoms with E-state index in [1.54, 1.807) is 49.1 Å². The van der Waals surface area contributed by atoms with Gasteiger partial charge in [0.25, 0.3) is 5.56 Å². The Morgan fingerprint density at radius 1 is 1.12 bits per heavy atom. The van der Waals surface area contributed by atoms with Crippen LogP contribution in [0.3, 0.4) is 0 Å². The van der Waals surface area contributed by atoms with Crippen molar-refractivity contribution in [1.29, 1.82) is 0 Å². The number of para-hydroxylation sites is 1. The predicted molar refractivity (Wildman–Crippen MR) is 97.3 cm³/mol. The highest BCUT2D eigenvalue weighted by Gasteiger charge is 2.22. The number of nitrogens with zero attached hydrogens (tertiary/aromatic N) is 3. The van der Waals surface area contributed by atoms with E-state index < -0.39 is 5.97 Å². The van der Waals surface area contributed by atoms with Crippen molar-refractivity contribution in [2.45, 2.75) is 0 Å². The van der Waals surface area contributed by atoms with E-state index >= 15 is 0 Å². The first-order valence-electron chi connectivity index (χ1n) is 7.91. The van der Waals surface area contributed by atoms with Gasteiger partial charge in [0.15, 0.2) is 5.69 Å². The minimum Gasteiger partial charge on any atom is -0.497 e. The average molecular weight is 349 g/mol. The number of ether oxygens (including phenoxy) is 1. The lowest BCUT2D eigenvalue weighted by Crippen LogP contribution is -2.25. The summed E-state index contributed by atoms with van der Waals surface area (Å²) in [4.78, 5) is 25.0. The van der Waals surface area contributed by atoms with Gasteiger partial charge in [0.1, 0.15) is 11.3 Å². The Balaban J connectivity index is 2.15. The maximum atomic E-state index is 13.1. The van der Waals surface area contributed by atoms with E-state index in [1.807, 2.05) is 18.2 Å². The molecule has 2 aromatic heterocycles. The largest absolute Gasteiger partial charge is 0.497 e. The van der Waals surface area contributed by atoms with Crippen LogP contribution in [-0.4, -0.2) is 32.5 Å². The van der Waals surface area contributed by atoms with Crippen LogP contribution in [0.4, 0.5) is 0 Å². The Morgan fingerprint density at radius 3 is 2.46 bits per heavy atom. The van der Waals surface area contributed by atoms with Crippen LogP contribution in [0.15, 0.2) is 53.3 Å². The highest BCUT2D eigenvalue weighted by Crippen LogP contribution is 2.28. The van der Waals surface area contributed by atoms with Crippen LogP contribution in [-0.2, 0) is 7.05 Å². The van der Waals surface area contributed by atoms with Crippen molar-refractivity contribution in [2.75, 3.05) is 7.11 Å². The van der Waals surface area contributed by atoms with Gasteiger partial charge in [-0.25, -0.2) is 4.79 Å². The lowest BCUT2D eigenvalue weighted by Gasteiger charge is -2.08. The zero-order chi connectivity index (χ0) is 18.4. The van der Waals surface area contributed by atoms with Crippen LogP contribution in [0, 0.1) is 0 Å². The van der Waals surface area contributed by atoms with Crippen molar-refractivity contribution < 1.29 is 14.6 Å². The number of aryl methyl sites for hydroxylation is 1. The molecule has 0 saturated carbocycles. The van der Waals surface area contributed by atoms with Crippen LogP contribution in [0.25, 0.3) is 27.5 Å². The quantitative estimate of drug-likeness (QED) is 0.614. The molecule has 0 amide bonds. The molecule has 0 aliphatic heterocycles. The second-order valence-corrected chi connectivity index (χ2v) is 5.87. The molecule has 7 heteroatoms. The number of carbonyl (C=O) groups is 1. The summed E-state index contributed by atoms with van der Waals surface area (Å²) in [6, 6.07) is 14.0. The van der Waals surface area contributed by atoms with E-state index in [9.17, 15) is 14.7 Å². The molecule has 7 nitrogen and oxygen atoms in total. The molecular weight excluding hydrogens is 334 g/mol. The number of fused-ring (bicyclic) bond motifs is 3. The molecule has 130 valence electrons. The second kappa shape index (κ2) is 5.73. The van der Waals surface area contributed by atoms with Crippen LogP contribution < -0.4 is 10.3 Å². The lowest BCUT2D eigenvalue weighted by molar-refractivity contribution is 0.0691. The molecule has 1 N–H and O–H groups in total. The van der Waals surface area contributed by atoms with Gasteiger partial charge < -0.3 is 14.4 Å². The van der Waals surface area contributed by atoms with Crippen molar-refractivity contribution in [3.05, 3.63) is 64.6 Å². The van der Waals surface area contributed by atoms with Crippen molar-refractivity contribution >= 4 is 27.8 Å². The smallest absolute Gasteiger partial charge is 0.357 e. The Labute approximate surface area is 147 Å². The topological polar surface area (TPSA) is 86.3 Å². The third-order valence-electron chi connectivity index (χ3n) is 4.46. The molecule has 0 unspecified atom stereocenters. The monoisotopic (exact) mass is 349 g/mol. The van der Waals surface area contributed by atoms with Crippen molar-refractivity contribution in [2.24, 2.45) is 7.05 Å². The van der Waals surface area contributed by atoms with Gasteiger partial charge in [-0.05, 0) is 30.3 Å². The van der Waals surface area contributed by atoms with E-state index in [2.05, 4.69) is 5.10 Å². The normalized spacial score (nSPS) is 11.2. The Bertz CT molecular complexity index is 1220. The summed E-state index contributed by atoms with van der Waals surface area (Å²) in [6.07, 6.45) is 0. The maximum Gasteiger partial charge on any atom is 0.357 e. The fourth-order valence-electron chi connectivity index (χ4n) is 3.23. The van der Waals surface area contributed by atoms with E-state index in [4.69, 9.17) is 4.74 Å². The molecule has 0 aliphatic rings. The summed E-state index contributed by atoms with van der Waals surface area (Å²) >= 11 is 0. The summed E-state index contributed by atoms with van der Waals surface area (Å²) in [5.41, 5.74) is 0.998. The number of benzene rings is 2. The summed E-state index contributed by atoms with van der Waals surface area (Å²) in [6.45, 7) is 0. The first-order chi connectivity index (χ1) is 12.5. The first-order valence-corrected chi connectivity index (χ1v) is 7.91. The van der Waals surface area contributed by atoms with Crippen molar-refractivity contribution in [1.82, 2.24) is 14.3 Å². The fourth-order valence-corrected chi connectivity index (χ4v) is 3.23. The van der Waals surface area contributed by atoms with E-state index in [0.29, 0.717) is 27.7 Å². The van der Waals surface area contributed by atoms with Crippen LogP contribution in [0.5, 0.6) is 5.75 Å². The number of carboxylic acid groups (broad SMARTS) is 1. The molecule has 0 fully saturated rings. The number of hydrogen-bond acceptors (Lipinski definition) is 4. The molecule has 4 rings (SSSR count). The summed E-state index contributed by atoms with van der Waals surface area (Å²) in [5, 5.41) is 14.9. The number of carboxylic acids is 1. The number of methoxy groups -OCH3 is 1. The standard InChI is InChI=1S/C19H15N3O4/c1-21-14-6-4-3-5-13(14)15-16(19(24)25)20-22(18(23)17(15)21)11-7-9-12(26-2)10-8-11/h3-10H,1-2H3,(H,24,25). The number of aromatic nitrogens is 3. The average Bonchev–Trinajstić information content (AvgIpc) is 2.96. The third kappa shape index (κ3) is 2.17. The molecule has 2 heterocycles. The highest BCUT2D eigenvalue weighted by atomic mass is 16.5. The van der Waals surface area contributed by atoms with Crippen molar-refractivity contribution in [3.63, 3.8) is 0 Å². The Hall–Kier alpha value is -3.61. The number of hydrogen-bond donors (Lipinski definition) is 1. The number of rotatable bonds is 3. The van der Waals surface area contributed by atoms with Crippen LogP contribution >= 0.6 is 0 Å². The SMILES string of the molecule is COc1ccc(-n2nc(C(=O)O)c3c4ccccc4n(C)c3c2=O)cc1. The first kappa shape index (κ1) is 15.9. The van der Waals surface area contributed by atoms with Gasteiger partial charge >= 0.3 is 5.97 Å². The molecule has 0 spiro atoms. The molecule has 0 bridgehead atoms. The summed E-state index contributed by atoms with van der Waals surface area (Å²) in [7, 11) is 3.29. The minimum atomic E-state index is -1.19. The van der Waals surface area contributed by atoms with Gasteiger partial charge in [0.05, 0.1) is 12.8 Å². The second-order valence-electron chi connectivity index (χ2n) is 5.87. The van der Waals surface area contributed by atoms with Gasteiger partial charge in [0, 0.05) is 23.3 Å². The lowest BCUT2D eigenvalue weighted by atomic mass is 10.1. The molecule has 0 atom stereocenters. The van der Waals surface area contributed by atoms with E-state index in [1.165, 1.54) is 0 Å². The molecular formula is C19H15N3O4. The minimum absolute atomic E-state index is 0.160. The van der Waals surface area contributed by atoms with Gasteiger partial charge in [-0.15, -0.1) is 0 Å².